The Labute approximate surface area is 215 Å². The van der Waals surface area contributed by atoms with Crippen molar-refractivity contribution in [2.45, 2.75) is 63.1 Å². The quantitative estimate of drug-likeness (QED) is 0.321. The number of nitrogens with zero attached hydrogens (tertiary/aromatic N) is 1. The van der Waals surface area contributed by atoms with Crippen LogP contribution in [0.4, 0.5) is 4.79 Å². The van der Waals surface area contributed by atoms with Crippen molar-refractivity contribution in [1.29, 1.82) is 0 Å². The summed E-state index contributed by atoms with van der Waals surface area (Å²) in [5.74, 6) is 0.0578. The fourth-order valence-corrected chi connectivity index (χ4v) is 4.90. The van der Waals surface area contributed by atoms with Gasteiger partial charge in [0.2, 0.25) is 0 Å². The Bertz CT molecular complexity index is 1030. The summed E-state index contributed by atoms with van der Waals surface area (Å²) >= 11 is 12.2. The number of halogens is 2. The predicted molar refractivity (Wildman–Crippen MR) is 136 cm³/mol. The number of carbonyl (C=O) groups is 1. The molecule has 1 aliphatic heterocycles. The first kappa shape index (κ1) is 25.9. The SMILES string of the molecule is C[C@H](O)C(NC1CCN(Cc2ccc(Cl)cc2)CC1)Oc1cc(C2CC2NC(N)=O)cc(Cl)c1O. The molecule has 2 aromatic rings. The summed E-state index contributed by atoms with van der Waals surface area (Å²) in [6.45, 7) is 4.33. The number of phenolic OH excluding ortho intramolecular Hbond substituents is 1. The molecule has 1 saturated heterocycles. The predicted octanol–water partition coefficient (Wildman–Crippen LogP) is 3.56. The zero-order chi connectivity index (χ0) is 25.1. The standard InChI is InChI=1S/C25H32Cl2N4O4/c1-14(32)24(29-18-6-8-31(9-7-18)13-15-2-4-17(26)5-3-15)35-22-11-16(10-20(27)23(22)33)19-12-21(19)30-25(28)34/h2-5,10-11,14,18-19,21,24,29,32-33H,6-9,12-13H2,1H3,(H3,28,30,34)/t14-,19?,21?,24?/m0/s1. The molecular weight excluding hydrogens is 491 g/mol. The van der Waals surface area contributed by atoms with E-state index in [2.05, 4.69) is 15.5 Å². The van der Waals surface area contributed by atoms with Crippen LogP contribution >= 0.6 is 23.2 Å². The molecule has 2 aromatic carbocycles. The van der Waals surface area contributed by atoms with E-state index in [0.717, 1.165) is 49.5 Å². The Morgan fingerprint density at radius 3 is 2.54 bits per heavy atom. The van der Waals surface area contributed by atoms with Gasteiger partial charge in [0.05, 0.1) is 5.02 Å². The number of piperidine rings is 1. The van der Waals surface area contributed by atoms with E-state index in [1.165, 1.54) is 5.56 Å². The number of ether oxygens (including phenoxy) is 1. The number of likely N-dealkylation sites (tertiary alicyclic amines) is 1. The molecule has 0 radical (unpaired) electrons. The second-order valence-corrected chi connectivity index (χ2v) is 10.3. The third-order valence-corrected chi connectivity index (χ3v) is 7.14. The van der Waals surface area contributed by atoms with Crippen LogP contribution < -0.4 is 21.1 Å². The van der Waals surface area contributed by atoms with E-state index in [1.54, 1.807) is 19.1 Å². The van der Waals surface area contributed by atoms with Crippen molar-refractivity contribution in [3.8, 4) is 11.5 Å². The molecular formula is C25H32Cl2N4O4. The summed E-state index contributed by atoms with van der Waals surface area (Å²) in [5, 5.41) is 27.8. The second-order valence-electron chi connectivity index (χ2n) is 9.43. The molecule has 190 valence electrons. The maximum absolute atomic E-state index is 11.1. The van der Waals surface area contributed by atoms with Gasteiger partial charge in [-0.2, -0.15) is 0 Å². The first-order valence-electron chi connectivity index (χ1n) is 11.9. The summed E-state index contributed by atoms with van der Waals surface area (Å²) in [6, 6.07) is 10.8. The molecule has 6 N–H and O–H groups in total. The zero-order valence-corrected chi connectivity index (χ0v) is 21.1. The highest BCUT2D eigenvalue weighted by atomic mass is 35.5. The van der Waals surface area contributed by atoms with Gasteiger partial charge in [-0.25, -0.2) is 4.79 Å². The van der Waals surface area contributed by atoms with Gasteiger partial charge in [-0.05, 0) is 74.7 Å². The van der Waals surface area contributed by atoms with Crippen LogP contribution in [-0.2, 0) is 6.54 Å². The Kier molecular flexibility index (Phi) is 8.29. The minimum atomic E-state index is -0.825. The zero-order valence-electron chi connectivity index (χ0n) is 19.6. The summed E-state index contributed by atoms with van der Waals surface area (Å²) in [6.07, 6.45) is 0.981. The summed E-state index contributed by atoms with van der Waals surface area (Å²) < 4.78 is 6.03. The molecule has 0 spiro atoms. The van der Waals surface area contributed by atoms with E-state index < -0.39 is 18.4 Å². The molecule has 35 heavy (non-hydrogen) atoms. The third-order valence-electron chi connectivity index (χ3n) is 6.60. The Hall–Kier alpha value is -2.23. The van der Waals surface area contributed by atoms with E-state index in [0.29, 0.717) is 0 Å². The molecule has 3 unspecified atom stereocenters. The maximum atomic E-state index is 11.1. The lowest BCUT2D eigenvalue weighted by Crippen LogP contribution is -2.51. The van der Waals surface area contributed by atoms with Gasteiger partial charge in [-0.15, -0.1) is 0 Å². The second kappa shape index (κ2) is 11.2. The molecule has 0 aromatic heterocycles. The van der Waals surface area contributed by atoms with Crippen molar-refractivity contribution in [3.63, 3.8) is 0 Å². The van der Waals surface area contributed by atoms with Crippen molar-refractivity contribution >= 4 is 29.2 Å². The molecule has 1 saturated carbocycles. The third kappa shape index (κ3) is 6.92. The number of nitrogens with two attached hydrogens (primary N) is 1. The van der Waals surface area contributed by atoms with Gasteiger partial charge in [0, 0.05) is 29.6 Å². The van der Waals surface area contributed by atoms with Crippen LogP contribution in [-0.4, -0.2) is 58.6 Å². The lowest BCUT2D eigenvalue weighted by atomic mass is 10.0. The molecule has 10 heteroatoms. The lowest BCUT2D eigenvalue weighted by Gasteiger charge is -2.35. The topological polar surface area (TPSA) is 120 Å². The van der Waals surface area contributed by atoms with Gasteiger partial charge in [0.1, 0.15) is 6.10 Å². The van der Waals surface area contributed by atoms with E-state index in [-0.39, 0.29) is 34.5 Å². The average Bonchev–Trinajstić information content (AvgIpc) is 3.57. The minimum absolute atomic E-state index is 0.0471. The molecule has 4 atom stereocenters. The molecule has 2 fully saturated rings. The summed E-state index contributed by atoms with van der Waals surface area (Å²) in [7, 11) is 0. The number of aliphatic hydroxyl groups is 1. The first-order valence-corrected chi connectivity index (χ1v) is 12.6. The summed E-state index contributed by atoms with van der Waals surface area (Å²) in [4.78, 5) is 13.5. The molecule has 0 bridgehead atoms. The Morgan fingerprint density at radius 2 is 1.91 bits per heavy atom. The molecule has 1 aliphatic carbocycles. The number of rotatable bonds is 9. The van der Waals surface area contributed by atoms with E-state index in [4.69, 9.17) is 33.7 Å². The van der Waals surface area contributed by atoms with E-state index >= 15 is 0 Å². The van der Waals surface area contributed by atoms with Crippen LogP contribution in [0.3, 0.4) is 0 Å². The Balaban J connectivity index is 1.35. The number of nitrogens with one attached hydrogen (secondary N) is 2. The van der Waals surface area contributed by atoms with Gasteiger partial charge < -0.3 is 26.0 Å². The fraction of sp³-hybridized carbons (Fsp3) is 0.480. The van der Waals surface area contributed by atoms with E-state index in [9.17, 15) is 15.0 Å². The lowest BCUT2D eigenvalue weighted by molar-refractivity contribution is 0.0110. The number of hydrogen-bond acceptors (Lipinski definition) is 6. The van der Waals surface area contributed by atoms with Crippen LogP contribution in [0.5, 0.6) is 11.5 Å². The van der Waals surface area contributed by atoms with Crippen molar-refractivity contribution in [3.05, 3.63) is 57.6 Å². The maximum Gasteiger partial charge on any atom is 0.312 e. The van der Waals surface area contributed by atoms with Crippen LogP contribution in [0.2, 0.25) is 10.0 Å². The van der Waals surface area contributed by atoms with Crippen molar-refractivity contribution in [2.75, 3.05) is 13.1 Å². The number of aliphatic hydroxyl groups excluding tert-OH is 1. The molecule has 2 amide bonds. The molecule has 1 heterocycles. The van der Waals surface area contributed by atoms with Crippen LogP contribution in [0, 0.1) is 0 Å². The largest absolute Gasteiger partial charge is 0.503 e. The van der Waals surface area contributed by atoms with Gasteiger partial charge in [-0.1, -0.05) is 35.3 Å². The van der Waals surface area contributed by atoms with Gasteiger partial charge in [-0.3, -0.25) is 10.2 Å². The molecule has 2 aliphatic rings. The highest BCUT2D eigenvalue weighted by molar-refractivity contribution is 6.32. The van der Waals surface area contributed by atoms with Gasteiger partial charge in [0.25, 0.3) is 0 Å². The number of urea groups is 1. The highest BCUT2D eigenvalue weighted by Crippen LogP contribution is 2.46. The van der Waals surface area contributed by atoms with Crippen molar-refractivity contribution < 1.29 is 19.7 Å². The highest BCUT2D eigenvalue weighted by Gasteiger charge is 2.40. The van der Waals surface area contributed by atoms with E-state index in [1.807, 2.05) is 24.3 Å². The number of primary amides is 1. The van der Waals surface area contributed by atoms with Gasteiger partial charge in [0.15, 0.2) is 17.7 Å². The van der Waals surface area contributed by atoms with Crippen molar-refractivity contribution in [1.82, 2.24) is 15.5 Å². The van der Waals surface area contributed by atoms with Crippen LogP contribution in [0.1, 0.15) is 43.2 Å². The van der Waals surface area contributed by atoms with Crippen LogP contribution in [0.25, 0.3) is 0 Å². The normalized spacial score (nSPS) is 22.4. The smallest absolute Gasteiger partial charge is 0.312 e. The number of benzene rings is 2. The minimum Gasteiger partial charge on any atom is -0.503 e. The number of aromatic hydroxyl groups is 1. The first-order chi connectivity index (χ1) is 16.7. The number of amides is 2. The fourth-order valence-electron chi connectivity index (χ4n) is 4.55. The van der Waals surface area contributed by atoms with Crippen LogP contribution in [0.15, 0.2) is 36.4 Å². The number of carbonyl (C=O) groups excluding carboxylic acids is 1. The average molecular weight is 523 g/mol. The van der Waals surface area contributed by atoms with Crippen molar-refractivity contribution in [2.24, 2.45) is 5.73 Å². The number of hydrogen-bond donors (Lipinski definition) is 5. The molecule has 8 nitrogen and oxygen atoms in total. The van der Waals surface area contributed by atoms with Gasteiger partial charge >= 0.3 is 6.03 Å². The molecule has 4 rings (SSSR count). The monoisotopic (exact) mass is 522 g/mol. The number of phenols is 1. The summed E-state index contributed by atoms with van der Waals surface area (Å²) in [5.41, 5.74) is 7.27. The Morgan fingerprint density at radius 1 is 1.23 bits per heavy atom.